The summed E-state index contributed by atoms with van der Waals surface area (Å²) in [5, 5.41) is 7.55. The first kappa shape index (κ1) is 37.8. The number of rotatable bonds is 5. The molecule has 10 aromatic carbocycles. The van der Waals surface area contributed by atoms with Crippen LogP contribution >= 0.6 is 0 Å². The van der Waals surface area contributed by atoms with Crippen molar-refractivity contribution < 1.29 is 0 Å². The first-order chi connectivity index (χ1) is 31.9. The number of anilines is 5. The summed E-state index contributed by atoms with van der Waals surface area (Å²) in [5.74, 6) is 0. The van der Waals surface area contributed by atoms with E-state index in [1.807, 2.05) is 0 Å². The summed E-state index contributed by atoms with van der Waals surface area (Å²) in [6.45, 7) is 5.84. The topological polar surface area (TPSA) is 6.48 Å². The molecule has 0 saturated heterocycles. The molecule has 0 unspecified atom stereocenters. The molecular weight excluding hydrogens is 785 g/mol. The van der Waals surface area contributed by atoms with Crippen LogP contribution in [-0.2, 0) is 18.3 Å². The van der Waals surface area contributed by atoms with Crippen LogP contribution in [-0.4, -0.2) is 6.54 Å². The van der Waals surface area contributed by atoms with Crippen LogP contribution in [0.25, 0.3) is 66.7 Å². The Bertz CT molecular complexity index is 3560. The van der Waals surface area contributed by atoms with E-state index >= 15 is 0 Å². The summed E-state index contributed by atoms with van der Waals surface area (Å²) in [6, 6.07) is 72.9. The average molecular weight is 833 g/mol. The smallest absolute Gasteiger partial charge is 0.0497 e. The lowest BCUT2D eigenvalue weighted by atomic mass is 9.81. The number of hydrogen-bond donors (Lipinski definition) is 0. The van der Waals surface area contributed by atoms with Gasteiger partial charge in [-0.05, 0) is 167 Å². The SMILES string of the molecule is CC1(C)c2cc(C=Cc3ccc4cc(-c5ccc6c(ccc7cc(N8c9ccccc9Cc9ccccc98)ccc76)c5)ccc4c3)ccc2-c2ccc(N3CCCc4ccccc43)cc21. The third-order valence-electron chi connectivity index (χ3n) is 14.7. The maximum atomic E-state index is 2.52. The number of hydrogen-bond acceptors (Lipinski definition) is 2. The van der Waals surface area contributed by atoms with E-state index in [1.54, 1.807) is 0 Å². The third kappa shape index (κ3) is 6.23. The molecule has 2 heterocycles. The predicted molar refractivity (Wildman–Crippen MR) is 277 cm³/mol. The Morgan fingerprint density at radius 3 is 1.74 bits per heavy atom. The Balaban J connectivity index is 0.749. The lowest BCUT2D eigenvalue weighted by Gasteiger charge is -2.33. The molecule has 13 rings (SSSR count). The highest BCUT2D eigenvalue weighted by Gasteiger charge is 2.36. The van der Waals surface area contributed by atoms with Crippen molar-refractivity contribution in [1.29, 1.82) is 0 Å². The first-order valence-electron chi connectivity index (χ1n) is 23.2. The summed E-state index contributed by atoms with van der Waals surface area (Å²) < 4.78 is 0. The molecule has 0 aromatic heterocycles. The van der Waals surface area contributed by atoms with Crippen molar-refractivity contribution in [3.8, 4) is 22.3 Å². The number of benzene rings is 10. The molecule has 2 aliphatic heterocycles. The molecule has 10 aromatic rings. The van der Waals surface area contributed by atoms with E-state index in [-0.39, 0.29) is 5.41 Å². The van der Waals surface area contributed by atoms with Gasteiger partial charge in [0.05, 0.1) is 0 Å². The van der Waals surface area contributed by atoms with Crippen LogP contribution in [0.1, 0.15) is 59.2 Å². The Kier molecular flexibility index (Phi) is 8.55. The van der Waals surface area contributed by atoms with Crippen LogP contribution in [0.5, 0.6) is 0 Å². The van der Waals surface area contributed by atoms with E-state index < -0.39 is 0 Å². The molecule has 0 radical (unpaired) electrons. The van der Waals surface area contributed by atoms with E-state index in [1.165, 1.54) is 128 Å². The number of para-hydroxylation sites is 3. The zero-order chi connectivity index (χ0) is 43.2. The molecular formula is C63H48N2. The van der Waals surface area contributed by atoms with Gasteiger partial charge in [0.25, 0.3) is 0 Å². The minimum atomic E-state index is -0.0852. The highest BCUT2D eigenvalue weighted by Crippen LogP contribution is 2.51. The van der Waals surface area contributed by atoms with Crippen molar-refractivity contribution in [2.75, 3.05) is 16.3 Å². The maximum absolute atomic E-state index is 2.52. The Hall–Kier alpha value is -7.68. The molecule has 0 saturated carbocycles. The van der Waals surface area contributed by atoms with Crippen LogP contribution in [0.2, 0.25) is 0 Å². The molecule has 0 N–H and O–H groups in total. The van der Waals surface area contributed by atoms with Gasteiger partial charge in [0.1, 0.15) is 0 Å². The van der Waals surface area contributed by atoms with Gasteiger partial charge in [0.2, 0.25) is 0 Å². The van der Waals surface area contributed by atoms with Gasteiger partial charge in [-0.1, -0.05) is 159 Å². The minimum absolute atomic E-state index is 0.0852. The molecule has 0 bridgehead atoms. The molecule has 0 spiro atoms. The molecule has 0 amide bonds. The van der Waals surface area contributed by atoms with Gasteiger partial charge < -0.3 is 9.80 Å². The molecule has 3 aliphatic rings. The fraction of sp³-hybridized carbons (Fsp3) is 0.111. The van der Waals surface area contributed by atoms with Crippen molar-refractivity contribution >= 4 is 72.9 Å². The summed E-state index contributed by atoms with van der Waals surface area (Å²) in [6.07, 6.45) is 7.84. The average Bonchev–Trinajstić information content (AvgIpc) is 3.58. The van der Waals surface area contributed by atoms with Crippen molar-refractivity contribution in [2.45, 2.75) is 38.5 Å². The second kappa shape index (κ2) is 14.7. The standard InChI is InChI=1S/C63H48N2/c1-63(2)58-35-42(20-29-56(58)57-32-27-52(40-59(57)63)64-33-9-13-43-10-3-6-14-60(43)64)18-17-41-19-21-45-36-46(23-22-44(45)34-41)47-26-30-54-48(37-47)24-25-49-39-53(28-31-55(49)54)65-61-15-7-4-11-50(61)38-51-12-5-8-16-62(51)65/h3-8,10-12,14-32,34-37,39-40H,9,13,33,38H2,1-2H3. The molecule has 0 fully saturated rings. The summed E-state index contributed by atoms with van der Waals surface area (Å²) in [5.41, 5.74) is 20.9. The molecule has 1 aliphatic carbocycles. The molecule has 65 heavy (non-hydrogen) atoms. The van der Waals surface area contributed by atoms with E-state index in [9.17, 15) is 0 Å². The van der Waals surface area contributed by atoms with Crippen LogP contribution in [0, 0.1) is 0 Å². The van der Waals surface area contributed by atoms with Gasteiger partial charge in [-0.2, -0.15) is 0 Å². The van der Waals surface area contributed by atoms with Gasteiger partial charge in [-0.3, -0.25) is 0 Å². The number of nitrogens with zero attached hydrogens (tertiary/aromatic N) is 2. The lowest BCUT2D eigenvalue weighted by molar-refractivity contribution is 0.659. The normalized spacial score (nSPS) is 14.7. The molecule has 2 nitrogen and oxygen atoms in total. The van der Waals surface area contributed by atoms with Crippen molar-refractivity contribution in [3.05, 3.63) is 233 Å². The quantitative estimate of drug-likeness (QED) is 0.126. The zero-order valence-corrected chi connectivity index (χ0v) is 36.9. The Morgan fingerprint density at radius 2 is 0.969 bits per heavy atom. The van der Waals surface area contributed by atoms with Gasteiger partial charge in [-0.25, -0.2) is 0 Å². The fourth-order valence-corrected chi connectivity index (χ4v) is 11.3. The molecule has 2 heteroatoms. The van der Waals surface area contributed by atoms with E-state index in [0.717, 1.165) is 19.4 Å². The van der Waals surface area contributed by atoms with Crippen LogP contribution in [0.3, 0.4) is 0 Å². The Labute approximate surface area is 381 Å². The lowest BCUT2D eigenvalue weighted by Crippen LogP contribution is -2.25. The monoisotopic (exact) mass is 832 g/mol. The predicted octanol–water partition coefficient (Wildman–Crippen LogP) is 16.7. The van der Waals surface area contributed by atoms with Crippen LogP contribution < -0.4 is 9.80 Å². The summed E-state index contributed by atoms with van der Waals surface area (Å²) in [7, 11) is 0. The van der Waals surface area contributed by atoms with Crippen molar-refractivity contribution in [2.24, 2.45) is 0 Å². The van der Waals surface area contributed by atoms with Crippen LogP contribution in [0.4, 0.5) is 28.4 Å². The number of fused-ring (bicyclic) bond motifs is 10. The zero-order valence-electron chi connectivity index (χ0n) is 36.9. The van der Waals surface area contributed by atoms with Gasteiger partial charge in [0.15, 0.2) is 0 Å². The van der Waals surface area contributed by atoms with E-state index in [2.05, 4.69) is 230 Å². The van der Waals surface area contributed by atoms with Gasteiger partial charge >= 0.3 is 0 Å². The van der Waals surface area contributed by atoms with Crippen molar-refractivity contribution in [1.82, 2.24) is 0 Å². The van der Waals surface area contributed by atoms with E-state index in [4.69, 9.17) is 0 Å². The summed E-state index contributed by atoms with van der Waals surface area (Å²) in [4.78, 5) is 4.95. The maximum Gasteiger partial charge on any atom is 0.0497 e. The van der Waals surface area contributed by atoms with Gasteiger partial charge in [-0.15, -0.1) is 0 Å². The minimum Gasteiger partial charge on any atom is -0.341 e. The Morgan fingerprint density at radius 1 is 0.431 bits per heavy atom. The van der Waals surface area contributed by atoms with Gasteiger partial charge in [0, 0.05) is 46.8 Å². The molecule has 310 valence electrons. The van der Waals surface area contributed by atoms with E-state index in [0.29, 0.717) is 0 Å². The largest absolute Gasteiger partial charge is 0.341 e. The highest BCUT2D eigenvalue weighted by molar-refractivity contribution is 6.10. The van der Waals surface area contributed by atoms with Crippen molar-refractivity contribution in [3.63, 3.8) is 0 Å². The van der Waals surface area contributed by atoms with Crippen LogP contribution in [0.15, 0.2) is 194 Å². The molecule has 0 atom stereocenters. The number of aryl methyl sites for hydroxylation is 1. The first-order valence-corrected chi connectivity index (χ1v) is 23.2. The fourth-order valence-electron chi connectivity index (χ4n) is 11.3. The second-order valence-corrected chi connectivity index (χ2v) is 18.9. The third-order valence-corrected chi connectivity index (χ3v) is 14.7. The summed E-state index contributed by atoms with van der Waals surface area (Å²) >= 11 is 0. The second-order valence-electron chi connectivity index (χ2n) is 18.9. The highest BCUT2D eigenvalue weighted by atomic mass is 15.2.